The average molecular weight is 304 g/mol. The minimum absolute atomic E-state index is 0.177. The van der Waals surface area contributed by atoms with Crippen molar-refractivity contribution in [2.45, 2.75) is 38.6 Å². The first-order chi connectivity index (χ1) is 10.6. The van der Waals surface area contributed by atoms with Gasteiger partial charge in [0.15, 0.2) is 0 Å². The fourth-order valence-corrected chi connectivity index (χ4v) is 3.21. The smallest absolute Gasteiger partial charge is 0.220 e. The van der Waals surface area contributed by atoms with E-state index in [-0.39, 0.29) is 5.91 Å². The van der Waals surface area contributed by atoms with Gasteiger partial charge in [0.2, 0.25) is 5.91 Å². The van der Waals surface area contributed by atoms with Crippen LogP contribution in [0.1, 0.15) is 44.2 Å². The molecule has 2 rings (SSSR count). The summed E-state index contributed by atoms with van der Waals surface area (Å²) in [5.74, 6) is 0.177. The van der Waals surface area contributed by atoms with E-state index in [0.717, 1.165) is 13.0 Å². The van der Waals surface area contributed by atoms with Crippen molar-refractivity contribution in [3.63, 3.8) is 0 Å². The number of likely N-dealkylation sites (tertiary alicyclic amines) is 1. The second-order valence-electron chi connectivity index (χ2n) is 6.46. The molecule has 0 saturated carbocycles. The standard InChI is InChI=1S/C18H29N3O/c1-4-7-18(22)19-14-17(21-12-5-6-13-21)15-8-10-16(11-9-15)20(2)3/h8-11,17H,4-7,12-14H2,1-3H3,(H,19,22)/p+1/t17-/m1/s1. The van der Waals surface area contributed by atoms with Gasteiger partial charge in [0.05, 0.1) is 19.6 Å². The van der Waals surface area contributed by atoms with Gasteiger partial charge >= 0.3 is 0 Å². The van der Waals surface area contributed by atoms with Crippen LogP contribution in [0.2, 0.25) is 0 Å². The van der Waals surface area contributed by atoms with Gasteiger partial charge in [-0.05, 0) is 18.6 Å². The van der Waals surface area contributed by atoms with Crippen molar-refractivity contribution in [1.82, 2.24) is 5.32 Å². The quantitative estimate of drug-likeness (QED) is 0.799. The van der Waals surface area contributed by atoms with Crippen LogP contribution in [0.5, 0.6) is 0 Å². The number of anilines is 1. The zero-order chi connectivity index (χ0) is 15.9. The van der Waals surface area contributed by atoms with Crippen LogP contribution in [0.15, 0.2) is 24.3 Å². The predicted octanol–water partition coefficient (Wildman–Crippen LogP) is 1.39. The van der Waals surface area contributed by atoms with Gasteiger partial charge in [0.25, 0.3) is 0 Å². The number of quaternary nitrogens is 1. The highest BCUT2D eigenvalue weighted by Gasteiger charge is 2.27. The van der Waals surface area contributed by atoms with E-state index in [1.54, 1.807) is 4.90 Å². The van der Waals surface area contributed by atoms with Gasteiger partial charge in [0.1, 0.15) is 6.04 Å². The number of hydrogen-bond acceptors (Lipinski definition) is 2. The molecule has 122 valence electrons. The summed E-state index contributed by atoms with van der Waals surface area (Å²) in [6.07, 6.45) is 4.13. The van der Waals surface area contributed by atoms with E-state index < -0.39 is 0 Å². The van der Waals surface area contributed by atoms with Crippen molar-refractivity contribution in [3.05, 3.63) is 29.8 Å². The minimum Gasteiger partial charge on any atom is -0.378 e. The van der Waals surface area contributed by atoms with Gasteiger partial charge in [-0.2, -0.15) is 0 Å². The first-order valence-electron chi connectivity index (χ1n) is 8.50. The Morgan fingerprint density at radius 1 is 1.23 bits per heavy atom. The van der Waals surface area contributed by atoms with Gasteiger partial charge in [-0.1, -0.05) is 19.1 Å². The molecule has 1 aromatic rings. The molecule has 4 heteroatoms. The van der Waals surface area contributed by atoms with Crippen LogP contribution >= 0.6 is 0 Å². The number of amides is 1. The van der Waals surface area contributed by atoms with E-state index in [4.69, 9.17) is 0 Å². The lowest BCUT2D eigenvalue weighted by atomic mass is 10.0. The third-order valence-corrected chi connectivity index (χ3v) is 4.53. The molecule has 2 N–H and O–H groups in total. The maximum Gasteiger partial charge on any atom is 0.220 e. The molecule has 1 aliphatic heterocycles. The maximum absolute atomic E-state index is 11.8. The van der Waals surface area contributed by atoms with E-state index in [2.05, 4.69) is 48.6 Å². The Balaban J connectivity index is 2.07. The molecule has 1 atom stereocenters. The van der Waals surface area contributed by atoms with Crippen LogP contribution in [-0.2, 0) is 4.79 Å². The molecule has 0 aliphatic carbocycles. The lowest BCUT2D eigenvalue weighted by Crippen LogP contribution is -3.11. The highest BCUT2D eigenvalue weighted by atomic mass is 16.1. The molecule has 1 amide bonds. The number of carbonyl (C=O) groups is 1. The summed E-state index contributed by atoms with van der Waals surface area (Å²) in [7, 11) is 4.12. The van der Waals surface area contributed by atoms with Crippen LogP contribution in [-0.4, -0.2) is 39.6 Å². The molecule has 1 fully saturated rings. The molecule has 1 heterocycles. The molecule has 0 aromatic heterocycles. The summed E-state index contributed by atoms with van der Waals surface area (Å²) in [6, 6.07) is 9.16. The van der Waals surface area contributed by atoms with Crippen molar-refractivity contribution in [1.29, 1.82) is 0 Å². The van der Waals surface area contributed by atoms with Crippen LogP contribution in [0.25, 0.3) is 0 Å². The molecular weight excluding hydrogens is 274 g/mol. The second kappa shape index (κ2) is 8.18. The molecule has 1 aromatic carbocycles. The van der Waals surface area contributed by atoms with E-state index in [1.165, 1.54) is 37.2 Å². The normalized spacial score (nSPS) is 16.5. The fraction of sp³-hybridized carbons (Fsp3) is 0.611. The minimum atomic E-state index is 0.177. The van der Waals surface area contributed by atoms with Gasteiger partial charge in [-0.15, -0.1) is 0 Å². The number of hydrogen-bond donors (Lipinski definition) is 2. The monoisotopic (exact) mass is 304 g/mol. The van der Waals surface area contributed by atoms with Gasteiger partial charge < -0.3 is 15.1 Å². The number of rotatable bonds is 7. The number of nitrogens with zero attached hydrogens (tertiary/aromatic N) is 1. The average Bonchev–Trinajstić information content (AvgIpc) is 3.02. The summed E-state index contributed by atoms with van der Waals surface area (Å²) in [5.41, 5.74) is 2.55. The summed E-state index contributed by atoms with van der Waals surface area (Å²) in [4.78, 5) is 15.5. The van der Waals surface area contributed by atoms with E-state index in [9.17, 15) is 4.79 Å². The molecule has 0 radical (unpaired) electrons. The van der Waals surface area contributed by atoms with Gasteiger partial charge in [-0.25, -0.2) is 0 Å². The van der Waals surface area contributed by atoms with Crippen LogP contribution < -0.4 is 15.1 Å². The summed E-state index contributed by atoms with van der Waals surface area (Å²) >= 11 is 0. The molecule has 0 bridgehead atoms. The number of carbonyl (C=O) groups excluding carboxylic acids is 1. The Kier molecular flexibility index (Phi) is 6.25. The second-order valence-corrected chi connectivity index (χ2v) is 6.46. The van der Waals surface area contributed by atoms with Gasteiger partial charge in [-0.3, -0.25) is 4.79 Å². The highest BCUT2D eigenvalue weighted by molar-refractivity contribution is 5.75. The van der Waals surface area contributed by atoms with Crippen molar-refractivity contribution in [2.75, 3.05) is 38.6 Å². The molecule has 22 heavy (non-hydrogen) atoms. The number of benzene rings is 1. The summed E-state index contributed by atoms with van der Waals surface area (Å²) in [6.45, 7) is 5.21. The highest BCUT2D eigenvalue weighted by Crippen LogP contribution is 2.17. The first kappa shape index (κ1) is 16.8. The first-order valence-corrected chi connectivity index (χ1v) is 8.50. The van der Waals surface area contributed by atoms with E-state index >= 15 is 0 Å². The lowest BCUT2D eigenvalue weighted by molar-refractivity contribution is -0.918. The third kappa shape index (κ3) is 4.47. The predicted molar refractivity (Wildman–Crippen MR) is 91.4 cm³/mol. The molecule has 1 aliphatic rings. The van der Waals surface area contributed by atoms with Crippen molar-refractivity contribution < 1.29 is 9.69 Å². The van der Waals surface area contributed by atoms with Crippen LogP contribution in [0.4, 0.5) is 5.69 Å². The number of nitrogens with one attached hydrogen (secondary N) is 2. The molecule has 4 nitrogen and oxygen atoms in total. The topological polar surface area (TPSA) is 36.8 Å². The van der Waals surface area contributed by atoms with Crippen molar-refractivity contribution in [3.8, 4) is 0 Å². The maximum atomic E-state index is 11.8. The fourth-order valence-electron chi connectivity index (χ4n) is 3.21. The summed E-state index contributed by atoms with van der Waals surface area (Å²) < 4.78 is 0. The Bertz CT molecular complexity index is 464. The Labute approximate surface area is 134 Å². The molecular formula is C18H30N3O+. The van der Waals surface area contributed by atoms with Crippen molar-refractivity contribution >= 4 is 11.6 Å². The van der Waals surface area contributed by atoms with Gasteiger partial charge in [0, 0.05) is 44.6 Å². The third-order valence-electron chi connectivity index (χ3n) is 4.53. The molecule has 1 saturated heterocycles. The Morgan fingerprint density at radius 2 is 1.86 bits per heavy atom. The Morgan fingerprint density at radius 3 is 2.41 bits per heavy atom. The summed E-state index contributed by atoms with van der Waals surface area (Å²) in [5, 5.41) is 3.13. The largest absolute Gasteiger partial charge is 0.378 e. The van der Waals surface area contributed by atoms with E-state index in [0.29, 0.717) is 12.5 Å². The Hall–Kier alpha value is -1.55. The zero-order valence-electron chi connectivity index (χ0n) is 14.2. The van der Waals surface area contributed by atoms with E-state index in [1.807, 2.05) is 6.92 Å². The van der Waals surface area contributed by atoms with Crippen LogP contribution in [0, 0.1) is 0 Å². The zero-order valence-corrected chi connectivity index (χ0v) is 14.2. The molecule has 0 unspecified atom stereocenters. The van der Waals surface area contributed by atoms with Crippen molar-refractivity contribution in [2.24, 2.45) is 0 Å². The SMILES string of the molecule is CCCC(=O)NC[C@H](c1ccc(N(C)C)cc1)[NH+]1CCCC1. The van der Waals surface area contributed by atoms with Crippen LogP contribution in [0.3, 0.4) is 0 Å². The molecule has 0 spiro atoms. The lowest BCUT2D eigenvalue weighted by Gasteiger charge is -2.26.